The summed E-state index contributed by atoms with van der Waals surface area (Å²) < 4.78 is 11.1. The van der Waals surface area contributed by atoms with Crippen LogP contribution >= 0.6 is 0 Å². The first-order chi connectivity index (χ1) is 17.6. The third-order valence-corrected chi connectivity index (χ3v) is 6.89. The highest BCUT2D eigenvalue weighted by Gasteiger charge is 2.61. The molecule has 2 heterocycles. The van der Waals surface area contributed by atoms with Crippen LogP contribution < -0.4 is 19.4 Å². The first-order valence-corrected chi connectivity index (χ1v) is 11.7. The van der Waals surface area contributed by atoms with Gasteiger partial charge in [-0.2, -0.15) is 0 Å². The Morgan fingerprint density at radius 2 is 1.53 bits per heavy atom. The molecule has 2 amide bonds. The van der Waals surface area contributed by atoms with Crippen molar-refractivity contribution in [2.24, 2.45) is 5.92 Å². The summed E-state index contributed by atoms with van der Waals surface area (Å²) in [5, 5.41) is 3.44. The fourth-order valence-corrected chi connectivity index (χ4v) is 5.24. The van der Waals surface area contributed by atoms with Crippen LogP contribution in [0.25, 0.3) is 10.8 Å². The molecular weight excluding hydrogens is 456 g/mol. The Morgan fingerprint density at radius 1 is 0.778 bits per heavy atom. The van der Waals surface area contributed by atoms with Crippen LogP contribution in [0.1, 0.15) is 11.6 Å². The van der Waals surface area contributed by atoms with Gasteiger partial charge in [0.25, 0.3) is 5.91 Å². The maximum Gasteiger partial charge on any atom is 0.266 e. The van der Waals surface area contributed by atoms with Crippen LogP contribution in [0.15, 0.2) is 91.0 Å². The minimum absolute atomic E-state index is 0.311. The maximum absolute atomic E-state index is 14.1. The van der Waals surface area contributed by atoms with Crippen molar-refractivity contribution in [2.45, 2.75) is 12.1 Å². The molecule has 4 aromatic rings. The number of anilines is 2. The molecule has 0 aromatic heterocycles. The third-order valence-electron chi connectivity index (χ3n) is 6.89. The van der Waals surface area contributed by atoms with E-state index < -0.39 is 18.1 Å². The molecule has 36 heavy (non-hydrogen) atoms. The zero-order chi connectivity index (χ0) is 24.8. The van der Waals surface area contributed by atoms with Crippen LogP contribution in [-0.2, 0) is 14.4 Å². The molecule has 0 bridgehead atoms. The zero-order valence-corrected chi connectivity index (χ0v) is 19.8. The molecule has 0 aliphatic carbocycles. The molecule has 0 radical (unpaired) electrons. The van der Waals surface area contributed by atoms with Gasteiger partial charge < -0.3 is 9.47 Å². The number of amides is 2. The smallest absolute Gasteiger partial charge is 0.266 e. The number of fused-ring (bicyclic) bond motifs is 2. The first-order valence-electron chi connectivity index (χ1n) is 11.7. The number of nitrogens with zero attached hydrogens (tertiary/aromatic N) is 2. The van der Waals surface area contributed by atoms with Crippen LogP contribution in [0.2, 0.25) is 0 Å². The minimum atomic E-state index is -0.974. The van der Waals surface area contributed by atoms with Gasteiger partial charge in [0.15, 0.2) is 6.10 Å². The van der Waals surface area contributed by atoms with Crippen molar-refractivity contribution in [1.29, 1.82) is 0 Å². The Morgan fingerprint density at radius 3 is 2.31 bits per heavy atom. The molecule has 7 heteroatoms. The second-order valence-corrected chi connectivity index (χ2v) is 8.78. The van der Waals surface area contributed by atoms with Crippen molar-refractivity contribution in [2.75, 3.05) is 24.2 Å². The van der Waals surface area contributed by atoms with Crippen LogP contribution in [0.4, 0.5) is 11.4 Å². The van der Waals surface area contributed by atoms with Gasteiger partial charge in [-0.1, -0.05) is 54.6 Å². The highest BCUT2D eigenvalue weighted by atomic mass is 16.7. The molecule has 2 fully saturated rings. The number of benzene rings is 4. The average molecular weight is 481 g/mol. The van der Waals surface area contributed by atoms with Crippen molar-refractivity contribution < 1.29 is 23.9 Å². The predicted octanol–water partition coefficient (Wildman–Crippen LogP) is 4.91. The zero-order valence-electron chi connectivity index (χ0n) is 19.8. The Balaban J connectivity index is 1.50. The van der Waals surface area contributed by atoms with Crippen molar-refractivity contribution in [3.05, 3.63) is 96.6 Å². The maximum atomic E-state index is 14.1. The van der Waals surface area contributed by atoms with Crippen molar-refractivity contribution in [3.8, 4) is 11.5 Å². The lowest BCUT2D eigenvalue weighted by Crippen LogP contribution is -2.37. The number of carbonyl (C=O) groups excluding carboxylic acids is 2. The Kier molecular flexibility index (Phi) is 5.34. The number of hydrogen-bond acceptors (Lipinski definition) is 6. The summed E-state index contributed by atoms with van der Waals surface area (Å²) in [6.07, 6.45) is -0.974. The molecule has 6 rings (SSSR count). The van der Waals surface area contributed by atoms with E-state index in [1.807, 2.05) is 72.8 Å². The molecule has 0 N–H and O–H groups in total. The Labute approximate surface area is 208 Å². The van der Waals surface area contributed by atoms with E-state index in [9.17, 15) is 9.59 Å². The van der Waals surface area contributed by atoms with Gasteiger partial charge in [-0.15, -0.1) is 0 Å². The monoisotopic (exact) mass is 480 g/mol. The minimum Gasteiger partial charge on any atom is -0.497 e. The second kappa shape index (κ2) is 8.70. The van der Waals surface area contributed by atoms with Gasteiger partial charge in [0, 0.05) is 10.9 Å². The van der Waals surface area contributed by atoms with Gasteiger partial charge in [-0.05, 0) is 41.8 Å². The normalized spacial score (nSPS) is 21.2. The number of rotatable bonds is 5. The Hall–Kier alpha value is -4.36. The quantitative estimate of drug-likeness (QED) is 0.378. The molecule has 2 aliphatic rings. The summed E-state index contributed by atoms with van der Waals surface area (Å²) in [6, 6.07) is 27.6. The topological polar surface area (TPSA) is 68.3 Å². The van der Waals surface area contributed by atoms with Crippen LogP contribution in [0, 0.1) is 5.92 Å². The molecule has 4 aromatic carbocycles. The fraction of sp³-hybridized carbons (Fsp3) is 0.172. The summed E-state index contributed by atoms with van der Waals surface area (Å²) in [4.78, 5) is 35.4. The van der Waals surface area contributed by atoms with Gasteiger partial charge in [0.05, 0.1) is 25.6 Å². The molecule has 0 saturated carbocycles. The largest absolute Gasteiger partial charge is 0.497 e. The SMILES string of the molecule is COc1ccc(OC)c([C@H]2[C@@H]3C(=O)N(c4cccc5ccccc45)C(=O)[C@H]3ON2c2ccccc2)c1. The summed E-state index contributed by atoms with van der Waals surface area (Å²) in [5.41, 5.74) is 2.00. The number of hydroxylamine groups is 1. The van der Waals surface area contributed by atoms with Gasteiger partial charge in [0.2, 0.25) is 5.91 Å². The van der Waals surface area contributed by atoms with E-state index in [4.69, 9.17) is 14.3 Å². The summed E-state index contributed by atoms with van der Waals surface area (Å²) in [7, 11) is 3.16. The molecule has 2 aliphatic heterocycles. The van der Waals surface area contributed by atoms with Crippen LogP contribution in [0.5, 0.6) is 11.5 Å². The second-order valence-electron chi connectivity index (χ2n) is 8.78. The molecular formula is C29H24N2O5. The predicted molar refractivity (Wildman–Crippen MR) is 136 cm³/mol. The number of para-hydroxylation sites is 1. The number of ether oxygens (including phenoxy) is 2. The molecule has 180 valence electrons. The third kappa shape index (κ3) is 3.31. The van der Waals surface area contributed by atoms with E-state index in [1.165, 1.54) is 4.90 Å². The number of imide groups is 1. The molecule has 7 nitrogen and oxygen atoms in total. The van der Waals surface area contributed by atoms with E-state index in [2.05, 4.69) is 0 Å². The first kappa shape index (κ1) is 22.1. The standard InChI is InChI=1S/C29H24N2O5/c1-34-20-15-16-24(35-2)22(17-20)26-25-27(36-31(26)19-11-4-3-5-12-19)29(33)30(28(25)32)23-14-8-10-18-9-6-7-13-21(18)23/h3-17,25-27H,1-2H3/t25-,26-,27-/m0/s1. The molecule has 2 saturated heterocycles. The number of carbonyl (C=O) groups is 2. The lowest BCUT2D eigenvalue weighted by Gasteiger charge is -2.30. The van der Waals surface area contributed by atoms with E-state index in [0.29, 0.717) is 22.7 Å². The average Bonchev–Trinajstić information content (AvgIpc) is 3.44. The number of hydrogen-bond donors (Lipinski definition) is 0. The number of methoxy groups -OCH3 is 2. The fourth-order valence-electron chi connectivity index (χ4n) is 5.24. The van der Waals surface area contributed by atoms with E-state index >= 15 is 0 Å². The highest BCUT2D eigenvalue weighted by molar-refractivity contribution is 6.26. The van der Waals surface area contributed by atoms with Crippen LogP contribution in [-0.4, -0.2) is 32.1 Å². The molecule has 0 spiro atoms. The Bertz CT molecular complexity index is 1470. The van der Waals surface area contributed by atoms with Gasteiger partial charge >= 0.3 is 0 Å². The van der Waals surface area contributed by atoms with E-state index in [0.717, 1.165) is 16.5 Å². The highest BCUT2D eigenvalue weighted by Crippen LogP contribution is 2.50. The lowest BCUT2D eigenvalue weighted by atomic mass is 9.89. The molecule has 3 atom stereocenters. The summed E-state index contributed by atoms with van der Waals surface area (Å²) in [5.74, 6) is -0.279. The molecule has 0 unspecified atom stereocenters. The van der Waals surface area contributed by atoms with Gasteiger partial charge in [-0.25, -0.2) is 9.96 Å². The van der Waals surface area contributed by atoms with E-state index in [-0.39, 0.29) is 11.8 Å². The van der Waals surface area contributed by atoms with Crippen molar-refractivity contribution >= 4 is 34.0 Å². The van der Waals surface area contributed by atoms with Crippen molar-refractivity contribution in [1.82, 2.24) is 0 Å². The van der Waals surface area contributed by atoms with Gasteiger partial charge in [0.1, 0.15) is 23.5 Å². The van der Waals surface area contributed by atoms with Crippen LogP contribution in [0.3, 0.4) is 0 Å². The lowest BCUT2D eigenvalue weighted by molar-refractivity contribution is -0.126. The van der Waals surface area contributed by atoms with Crippen molar-refractivity contribution in [3.63, 3.8) is 0 Å². The summed E-state index contributed by atoms with van der Waals surface area (Å²) in [6.45, 7) is 0. The van der Waals surface area contributed by atoms with E-state index in [1.54, 1.807) is 37.5 Å². The van der Waals surface area contributed by atoms with Gasteiger partial charge in [-0.3, -0.25) is 14.4 Å². The summed E-state index contributed by atoms with van der Waals surface area (Å²) >= 11 is 0.